The first kappa shape index (κ1) is 13.9. The standard InChI is InChI=1S/C15H16FNOS/c1-19-15-8-3-2-7-13(15)17-10-14(18)11-5-4-6-12(16)9-11/h2-9,14,17-18H,10H2,1H3. The van der Waals surface area contributed by atoms with Gasteiger partial charge in [-0.15, -0.1) is 11.8 Å². The molecule has 2 rings (SSSR count). The van der Waals surface area contributed by atoms with Crippen molar-refractivity contribution in [2.24, 2.45) is 0 Å². The average molecular weight is 277 g/mol. The van der Waals surface area contributed by atoms with Crippen molar-refractivity contribution >= 4 is 17.4 Å². The summed E-state index contributed by atoms with van der Waals surface area (Å²) in [5.41, 5.74) is 1.56. The van der Waals surface area contributed by atoms with E-state index in [1.54, 1.807) is 23.9 Å². The van der Waals surface area contributed by atoms with Crippen molar-refractivity contribution in [2.45, 2.75) is 11.0 Å². The van der Waals surface area contributed by atoms with Crippen LogP contribution in [0.3, 0.4) is 0 Å². The van der Waals surface area contributed by atoms with Crippen LogP contribution in [0.5, 0.6) is 0 Å². The summed E-state index contributed by atoms with van der Waals surface area (Å²) < 4.78 is 13.1. The van der Waals surface area contributed by atoms with Gasteiger partial charge in [-0.2, -0.15) is 0 Å². The zero-order valence-electron chi connectivity index (χ0n) is 10.6. The highest BCUT2D eigenvalue weighted by atomic mass is 32.2. The van der Waals surface area contributed by atoms with Crippen molar-refractivity contribution in [3.05, 3.63) is 59.9 Å². The minimum absolute atomic E-state index is 0.332. The summed E-state index contributed by atoms with van der Waals surface area (Å²) in [4.78, 5) is 1.12. The zero-order chi connectivity index (χ0) is 13.7. The van der Waals surface area contributed by atoms with E-state index in [1.165, 1.54) is 12.1 Å². The Kier molecular flexibility index (Phi) is 4.82. The summed E-state index contributed by atoms with van der Waals surface area (Å²) in [6, 6.07) is 13.9. The van der Waals surface area contributed by atoms with Crippen LogP contribution in [0.2, 0.25) is 0 Å². The van der Waals surface area contributed by atoms with Crippen LogP contribution in [0.25, 0.3) is 0 Å². The minimum Gasteiger partial charge on any atom is -0.387 e. The monoisotopic (exact) mass is 277 g/mol. The van der Waals surface area contributed by atoms with Gasteiger partial charge in [0.15, 0.2) is 0 Å². The number of hydrogen-bond donors (Lipinski definition) is 2. The molecule has 0 aliphatic rings. The molecule has 1 atom stereocenters. The van der Waals surface area contributed by atoms with Crippen LogP contribution in [0, 0.1) is 5.82 Å². The number of aliphatic hydroxyl groups excluding tert-OH is 1. The lowest BCUT2D eigenvalue weighted by Gasteiger charge is -2.15. The van der Waals surface area contributed by atoms with E-state index in [0.717, 1.165) is 10.6 Å². The van der Waals surface area contributed by atoms with Gasteiger partial charge in [0.2, 0.25) is 0 Å². The van der Waals surface area contributed by atoms with Gasteiger partial charge in [-0.1, -0.05) is 24.3 Å². The molecular formula is C15H16FNOS. The van der Waals surface area contributed by atoms with Gasteiger partial charge in [-0.05, 0) is 36.1 Å². The first-order chi connectivity index (χ1) is 9.20. The molecule has 0 heterocycles. The summed E-state index contributed by atoms with van der Waals surface area (Å²) in [6.45, 7) is 0.348. The number of hydrogen-bond acceptors (Lipinski definition) is 3. The maximum absolute atomic E-state index is 13.1. The molecule has 0 saturated heterocycles. The van der Waals surface area contributed by atoms with Crippen LogP contribution in [0.15, 0.2) is 53.4 Å². The van der Waals surface area contributed by atoms with E-state index in [1.807, 2.05) is 30.5 Å². The maximum Gasteiger partial charge on any atom is 0.123 e. The summed E-state index contributed by atoms with van der Waals surface area (Å²) >= 11 is 1.64. The molecule has 0 radical (unpaired) electrons. The third-order valence-electron chi connectivity index (χ3n) is 2.83. The second-order valence-corrected chi connectivity index (χ2v) is 5.00. The quantitative estimate of drug-likeness (QED) is 0.817. The normalized spacial score (nSPS) is 12.2. The van der Waals surface area contributed by atoms with Crippen LogP contribution in [0.4, 0.5) is 10.1 Å². The Morgan fingerprint density at radius 3 is 2.74 bits per heavy atom. The molecule has 0 spiro atoms. The lowest BCUT2D eigenvalue weighted by Crippen LogP contribution is -2.12. The number of para-hydroxylation sites is 1. The Balaban J connectivity index is 2.02. The Morgan fingerprint density at radius 2 is 2.00 bits per heavy atom. The Hall–Kier alpha value is -1.52. The van der Waals surface area contributed by atoms with Crippen molar-refractivity contribution < 1.29 is 9.50 Å². The molecule has 0 fully saturated rings. The highest BCUT2D eigenvalue weighted by Crippen LogP contribution is 2.25. The van der Waals surface area contributed by atoms with Crippen LogP contribution in [0.1, 0.15) is 11.7 Å². The molecule has 0 aliphatic carbocycles. The zero-order valence-corrected chi connectivity index (χ0v) is 11.5. The van der Waals surface area contributed by atoms with Gasteiger partial charge in [0.05, 0.1) is 6.10 Å². The third kappa shape index (κ3) is 3.72. The fourth-order valence-corrected chi connectivity index (χ4v) is 2.40. The molecule has 2 N–H and O–H groups in total. The van der Waals surface area contributed by atoms with Crippen molar-refractivity contribution in [1.29, 1.82) is 0 Å². The largest absolute Gasteiger partial charge is 0.387 e. The van der Waals surface area contributed by atoms with Crippen LogP contribution < -0.4 is 5.32 Å². The highest BCUT2D eigenvalue weighted by Gasteiger charge is 2.09. The molecule has 4 heteroatoms. The first-order valence-electron chi connectivity index (χ1n) is 6.01. The molecule has 2 aromatic rings. The van der Waals surface area contributed by atoms with E-state index >= 15 is 0 Å². The van der Waals surface area contributed by atoms with Gasteiger partial charge >= 0.3 is 0 Å². The molecule has 1 unspecified atom stereocenters. The minimum atomic E-state index is -0.731. The number of rotatable bonds is 5. The van der Waals surface area contributed by atoms with Crippen LogP contribution >= 0.6 is 11.8 Å². The number of anilines is 1. The van der Waals surface area contributed by atoms with Crippen LogP contribution in [-0.2, 0) is 0 Å². The van der Waals surface area contributed by atoms with E-state index in [0.29, 0.717) is 12.1 Å². The van der Waals surface area contributed by atoms with E-state index in [-0.39, 0.29) is 5.82 Å². The smallest absolute Gasteiger partial charge is 0.123 e. The molecule has 0 saturated carbocycles. The number of halogens is 1. The second-order valence-electron chi connectivity index (χ2n) is 4.15. The lowest BCUT2D eigenvalue weighted by molar-refractivity contribution is 0.191. The van der Waals surface area contributed by atoms with Gasteiger partial charge in [-0.3, -0.25) is 0 Å². The van der Waals surface area contributed by atoms with E-state index in [2.05, 4.69) is 5.32 Å². The maximum atomic E-state index is 13.1. The fourth-order valence-electron chi connectivity index (χ4n) is 1.83. The molecule has 100 valence electrons. The summed E-state index contributed by atoms with van der Waals surface area (Å²) in [5, 5.41) is 13.2. The summed E-state index contributed by atoms with van der Waals surface area (Å²) in [6.07, 6.45) is 1.27. The molecule has 0 bridgehead atoms. The van der Waals surface area contributed by atoms with E-state index < -0.39 is 6.10 Å². The highest BCUT2D eigenvalue weighted by molar-refractivity contribution is 7.98. The molecular weight excluding hydrogens is 261 g/mol. The topological polar surface area (TPSA) is 32.3 Å². The number of aliphatic hydroxyl groups is 1. The van der Waals surface area contributed by atoms with E-state index in [4.69, 9.17) is 0 Å². The fraction of sp³-hybridized carbons (Fsp3) is 0.200. The Morgan fingerprint density at radius 1 is 1.21 bits per heavy atom. The Bertz CT molecular complexity index is 547. The number of benzene rings is 2. The first-order valence-corrected chi connectivity index (χ1v) is 7.23. The molecule has 0 aliphatic heterocycles. The predicted molar refractivity (Wildman–Crippen MR) is 78.1 cm³/mol. The lowest BCUT2D eigenvalue weighted by atomic mass is 10.1. The van der Waals surface area contributed by atoms with Gasteiger partial charge < -0.3 is 10.4 Å². The molecule has 2 nitrogen and oxygen atoms in total. The van der Waals surface area contributed by atoms with Crippen molar-refractivity contribution in [3.8, 4) is 0 Å². The second kappa shape index (κ2) is 6.59. The van der Waals surface area contributed by atoms with Crippen molar-refractivity contribution in [3.63, 3.8) is 0 Å². The van der Waals surface area contributed by atoms with Gasteiger partial charge in [0, 0.05) is 17.1 Å². The van der Waals surface area contributed by atoms with E-state index in [9.17, 15) is 9.50 Å². The Labute approximate surface area is 116 Å². The molecule has 0 aromatic heterocycles. The van der Waals surface area contributed by atoms with Gasteiger partial charge in [-0.25, -0.2) is 4.39 Å². The number of nitrogens with one attached hydrogen (secondary N) is 1. The molecule has 2 aromatic carbocycles. The summed E-state index contributed by atoms with van der Waals surface area (Å²) in [7, 11) is 0. The van der Waals surface area contributed by atoms with Crippen molar-refractivity contribution in [1.82, 2.24) is 0 Å². The SMILES string of the molecule is CSc1ccccc1NCC(O)c1cccc(F)c1. The average Bonchev–Trinajstić information content (AvgIpc) is 2.45. The van der Waals surface area contributed by atoms with Crippen LogP contribution in [-0.4, -0.2) is 17.9 Å². The third-order valence-corrected chi connectivity index (χ3v) is 3.62. The van der Waals surface area contributed by atoms with Gasteiger partial charge in [0.1, 0.15) is 5.82 Å². The molecule has 0 amide bonds. The van der Waals surface area contributed by atoms with Crippen molar-refractivity contribution in [2.75, 3.05) is 18.1 Å². The number of thioether (sulfide) groups is 1. The van der Waals surface area contributed by atoms with Gasteiger partial charge in [0.25, 0.3) is 0 Å². The predicted octanol–water partition coefficient (Wildman–Crippen LogP) is 3.69. The summed E-state index contributed by atoms with van der Waals surface area (Å²) in [5.74, 6) is -0.332. The molecule has 19 heavy (non-hydrogen) atoms.